The number of hydrazone groups is 1. The molecule has 1 aromatic rings. The largest absolute Gasteiger partial charge is 0.382 e. The number of carbonyl (C=O) groups is 1. The number of hydrogen-bond acceptors (Lipinski definition) is 5. The van der Waals surface area contributed by atoms with Crippen molar-refractivity contribution in [1.82, 2.24) is 0 Å². The summed E-state index contributed by atoms with van der Waals surface area (Å²) in [5, 5.41) is 19.4. The van der Waals surface area contributed by atoms with E-state index < -0.39 is 5.84 Å². The predicted octanol–water partition coefficient (Wildman–Crippen LogP) is 1.88. The Balaban J connectivity index is 2.95. The molecule has 0 aliphatic rings. The molecule has 0 spiro atoms. The summed E-state index contributed by atoms with van der Waals surface area (Å²) in [6, 6.07) is 6.60. The van der Waals surface area contributed by atoms with E-state index in [4.69, 9.17) is 16.4 Å². The first-order chi connectivity index (χ1) is 8.45. The van der Waals surface area contributed by atoms with E-state index in [1.165, 1.54) is 6.92 Å². The molecule has 0 atom stereocenters. The van der Waals surface area contributed by atoms with Crippen LogP contribution in [0.4, 0.5) is 5.69 Å². The van der Waals surface area contributed by atoms with Crippen LogP contribution in [-0.2, 0) is 0 Å². The van der Waals surface area contributed by atoms with E-state index in [9.17, 15) is 4.79 Å². The van der Waals surface area contributed by atoms with E-state index in [-0.39, 0.29) is 11.5 Å². The number of anilines is 1. The molecule has 1 aromatic carbocycles. The molecule has 0 aliphatic carbocycles. The van der Waals surface area contributed by atoms with Crippen LogP contribution in [0.3, 0.4) is 0 Å². The molecule has 0 aromatic heterocycles. The highest BCUT2D eigenvalue weighted by molar-refractivity contribution is 9.10. The molecule has 92 valence electrons. The van der Waals surface area contributed by atoms with E-state index in [0.717, 1.165) is 0 Å². The minimum absolute atomic E-state index is 0.0571. The van der Waals surface area contributed by atoms with Crippen LogP contribution in [0.2, 0.25) is 0 Å². The van der Waals surface area contributed by atoms with Crippen molar-refractivity contribution in [2.45, 2.75) is 6.92 Å². The molecule has 0 heterocycles. The fraction of sp³-hybridized carbons (Fsp3) is 0.0909. The van der Waals surface area contributed by atoms with Crippen LogP contribution in [0.25, 0.3) is 0 Å². The second-order valence-electron chi connectivity index (χ2n) is 3.35. The highest BCUT2D eigenvalue weighted by atomic mass is 79.9. The van der Waals surface area contributed by atoms with Crippen molar-refractivity contribution in [3.63, 3.8) is 0 Å². The Morgan fingerprint density at radius 1 is 1.61 bits per heavy atom. The third-order valence-corrected chi connectivity index (χ3v) is 2.66. The molecule has 0 radical (unpaired) electrons. The lowest BCUT2D eigenvalue weighted by Crippen LogP contribution is -2.21. The summed E-state index contributed by atoms with van der Waals surface area (Å²) in [5.41, 5.74) is 8.64. The van der Waals surface area contributed by atoms with Crippen LogP contribution in [0.1, 0.15) is 17.3 Å². The van der Waals surface area contributed by atoms with Gasteiger partial charge in [-0.1, -0.05) is 0 Å². The highest BCUT2D eigenvalue weighted by Gasteiger charge is 2.06. The number of ketones is 1. The predicted molar refractivity (Wildman–Crippen MR) is 72.7 cm³/mol. The van der Waals surface area contributed by atoms with Gasteiger partial charge < -0.3 is 5.73 Å². The molecule has 0 amide bonds. The second-order valence-corrected chi connectivity index (χ2v) is 4.20. The number of benzene rings is 1. The van der Waals surface area contributed by atoms with E-state index in [0.29, 0.717) is 15.7 Å². The number of hydrogen-bond donors (Lipinski definition) is 3. The minimum Gasteiger partial charge on any atom is -0.382 e. The number of Topliss-reactive ketones (excluding diaryl/α,β-unsaturated/α-hetero) is 1. The van der Waals surface area contributed by atoms with E-state index in [2.05, 4.69) is 26.5 Å². The van der Waals surface area contributed by atoms with Crippen LogP contribution >= 0.6 is 15.9 Å². The Bertz CT molecular complexity index is 573. The summed E-state index contributed by atoms with van der Waals surface area (Å²) in [6.07, 6.45) is 0. The Morgan fingerprint density at radius 2 is 2.28 bits per heavy atom. The molecule has 0 saturated carbocycles. The summed E-state index contributed by atoms with van der Waals surface area (Å²) in [4.78, 5) is 11.2. The van der Waals surface area contributed by atoms with Gasteiger partial charge in [0.25, 0.3) is 0 Å². The molecule has 0 fully saturated rings. The second kappa shape index (κ2) is 5.93. The summed E-state index contributed by atoms with van der Waals surface area (Å²) >= 11 is 3.26. The summed E-state index contributed by atoms with van der Waals surface area (Å²) < 4.78 is 0.622. The van der Waals surface area contributed by atoms with Gasteiger partial charge in [-0.15, -0.1) is 0 Å². The van der Waals surface area contributed by atoms with Gasteiger partial charge in [0.05, 0.1) is 5.69 Å². The van der Waals surface area contributed by atoms with Gasteiger partial charge in [-0.05, 0) is 41.1 Å². The number of amidine groups is 1. The number of nitriles is 1. The summed E-state index contributed by atoms with van der Waals surface area (Å²) in [6.45, 7) is 1.47. The highest BCUT2D eigenvalue weighted by Crippen LogP contribution is 2.21. The Kier molecular flexibility index (Phi) is 4.57. The average molecular weight is 308 g/mol. The normalized spacial score (nSPS) is 10.6. The van der Waals surface area contributed by atoms with Crippen LogP contribution < -0.4 is 11.2 Å². The third kappa shape index (κ3) is 3.40. The molecule has 0 aliphatic heterocycles. The fourth-order valence-electron chi connectivity index (χ4n) is 1.14. The van der Waals surface area contributed by atoms with Crippen LogP contribution in [0.5, 0.6) is 0 Å². The first-order valence-electron chi connectivity index (χ1n) is 4.84. The third-order valence-electron chi connectivity index (χ3n) is 2.01. The SMILES string of the molecule is CC(=O)c1ccc(N/N=C(\C#N)C(=N)N)cc1Br. The fourth-order valence-corrected chi connectivity index (χ4v) is 1.79. The van der Waals surface area contributed by atoms with Gasteiger partial charge in [-0.2, -0.15) is 10.4 Å². The van der Waals surface area contributed by atoms with E-state index in [1.807, 2.05) is 0 Å². The molecular weight excluding hydrogens is 298 g/mol. The first kappa shape index (κ1) is 13.9. The number of rotatable bonds is 4. The van der Waals surface area contributed by atoms with Crippen molar-refractivity contribution in [2.24, 2.45) is 10.8 Å². The zero-order valence-corrected chi connectivity index (χ0v) is 11.1. The van der Waals surface area contributed by atoms with Crippen molar-refractivity contribution in [3.8, 4) is 6.07 Å². The van der Waals surface area contributed by atoms with Crippen LogP contribution in [0, 0.1) is 16.7 Å². The van der Waals surface area contributed by atoms with E-state index >= 15 is 0 Å². The topological polar surface area (TPSA) is 115 Å². The van der Waals surface area contributed by atoms with Gasteiger partial charge in [0.2, 0.25) is 5.71 Å². The number of nitrogens with two attached hydrogens (primary N) is 1. The zero-order valence-electron chi connectivity index (χ0n) is 9.49. The Morgan fingerprint density at radius 3 is 2.72 bits per heavy atom. The van der Waals surface area contributed by atoms with Gasteiger partial charge in [-0.25, -0.2) is 0 Å². The number of nitrogens with zero attached hydrogens (tertiary/aromatic N) is 2. The van der Waals surface area contributed by atoms with Crippen molar-refractivity contribution in [1.29, 1.82) is 10.7 Å². The van der Waals surface area contributed by atoms with Crippen LogP contribution in [0.15, 0.2) is 27.8 Å². The van der Waals surface area contributed by atoms with Crippen molar-refractivity contribution in [2.75, 3.05) is 5.43 Å². The molecule has 4 N–H and O–H groups in total. The molecule has 6 nitrogen and oxygen atoms in total. The Labute approximate surface area is 112 Å². The van der Waals surface area contributed by atoms with Gasteiger partial charge in [0.15, 0.2) is 11.6 Å². The van der Waals surface area contributed by atoms with Crippen molar-refractivity contribution >= 4 is 38.9 Å². The molecule has 18 heavy (non-hydrogen) atoms. The summed E-state index contributed by atoms with van der Waals surface area (Å²) in [5.74, 6) is -0.470. The molecule has 7 heteroatoms. The lowest BCUT2D eigenvalue weighted by atomic mass is 10.1. The molecular formula is C11H10BrN5O. The molecule has 0 bridgehead atoms. The summed E-state index contributed by atoms with van der Waals surface area (Å²) in [7, 11) is 0. The molecule has 0 saturated heterocycles. The van der Waals surface area contributed by atoms with Gasteiger partial charge in [0.1, 0.15) is 6.07 Å². The maximum absolute atomic E-state index is 11.2. The number of halogens is 1. The Hall–Kier alpha value is -2.20. The standard InChI is InChI=1S/C11H10BrN5O/c1-6(18)8-3-2-7(4-9(8)12)16-17-10(5-13)11(14)15/h2-4,16H,1H3,(H3,14,15)/b17-10+. The zero-order chi connectivity index (χ0) is 13.7. The van der Waals surface area contributed by atoms with Gasteiger partial charge in [-0.3, -0.25) is 15.6 Å². The first-order valence-corrected chi connectivity index (χ1v) is 5.63. The smallest absolute Gasteiger partial charge is 0.201 e. The number of nitrogens with one attached hydrogen (secondary N) is 2. The quantitative estimate of drug-likeness (QED) is 0.341. The molecule has 0 unspecified atom stereocenters. The lowest BCUT2D eigenvalue weighted by Gasteiger charge is -2.04. The maximum atomic E-state index is 11.2. The van der Waals surface area contributed by atoms with Crippen molar-refractivity contribution < 1.29 is 4.79 Å². The van der Waals surface area contributed by atoms with Gasteiger partial charge >= 0.3 is 0 Å². The van der Waals surface area contributed by atoms with Crippen molar-refractivity contribution in [3.05, 3.63) is 28.2 Å². The maximum Gasteiger partial charge on any atom is 0.201 e. The average Bonchev–Trinajstić information content (AvgIpc) is 2.28. The lowest BCUT2D eigenvalue weighted by molar-refractivity contribution is 0.101. The monoisotopic (exact) mass is 307 g/mol. The van der Waals surface area contributed by atoms with Crippen LogP contribution in [-0.4, -0.2) is 17.3 Å². The molecule has 1 rings (SSSR count). The van der Waals surface area contributed by atoms with Gasteiger partial charge in [0, 0.05) is 10.0 Å². The van der Waals surface area contributed by atoms with E-state index in [1.54, 1.807) is 24.3 Å². The number of carbonyl (C=O) groups excluding carboxylic acids is 1. The minimum atomic E-state index is -0.413.